The van der Waals surface area contributed by atoms with E-state index in [0.29, 0.717) is 10.4 Å². The van der Waals surface area contributed by atoms with E-state index in [4.69, 9.17) is 0 Å². The van der Waals surface area contributed by atoms with Crippen molar-refractivity contribution in [3.05, 3.63) is 57.8 Å². The van der Waals surface area contributed by atoms with Gasteiger partial charge in [-0.05, 0) is 29.1 Å². The SMILES string of the molecule is O=C(N[C@@H](CO)C(=O)NCc1ccc(C(F)(F)F)cc1)c1cccs1. The summed E-state index contributed by atoms with van der Waals surface area (Å²) < 4.78 is 37.5. The van der Waals surface area contributed by atoms with E-state index in [2.05, 4.69) is 10.6 Å². The highest BCUT2D eigenvalue weighted by Gasteiger charge is 2.30. The van der Waals surface area contributed by atoms with Crippen LogP contribution in [-0.2, 0) is 17.5 Å². The molecule has 0 fully saturated rings. The molecule has 0 spiro atoms. The first-order valence-electron chi connectivity index (χ1n) is 7.20. The summed E-state index contributed by atoms with van der Waals surface area (Å²) >= 11 is 1.19. The van der Waals surface area contributed by atoms with E-state index in [1.165, 1.54) is 23.5 Å². The quantitative estimate of drug-likeness (QED) is 0.727. The molecule has 5 nitrogen and oxygen atoms in total. The molecule has 0 saturated carbocycles. The van der Waals surface area contributed by atoms with Gasteiger partial charge in [0.05, 0.1) is 17.0 Å². The second kappa shape index (κ2) is 8.13. The molecule has 9 heteroatoms. The Morgan fingerprint density at radius 3 is 2.36 bits per heavy atom. The fourth-order valence-corrected chi connectivity index (χ4v) is 2.58. The molecule has 0 aliphatic heterocycles. The first-order chi connectivity index (χ1) is 11.8. The first-order valence-corrected chi connectivity index (χ1v) is 8.08. The zero-order valence-electron chi connectivity index (χ0n) is 12.8. The molecule has 1 aromatic carbocycles. The fourth-order valence-electron chi connectivity index (χ4n) is 1.96. The summed E-state index contributed by atoms with van der Waals surface area (Å²) in [5, 5.41) is 15.8. The summed E-state index contributed by atoms with van der Waals surface area (Å²) in [6, 6.07) is 6.45. The van der Waals surface area contributed by atoms with Crippen LogP contribution in [0, 0.1) is 0 Å². The van der Waals surface area contributed by atoms with Crippen molar-refractivity contribution in [3.8, 4) is 0 Å². The molecule has 1 heterocycles. The molecular weight excluding hydrogens is 357 g/mol. The fraction of sp³-hybridized carbons (Fsp3) is 0.250. The monoisotopic (exact) mass is 372 g/mol. The van der Waals surface area contributed by atoms with Crippen molar-refractivity contribution in [1.29, 1.82) is 0 Å². The lowest BCUT2D eigenvalue weighted by Gasteiger charge is -2.16. The lowest BCUT2D eigenvalue weighted by Crippen LogP contribution is -2.48. The van der Waals surface area contributed by atoms with Crippen molar-refractivity contribution >= 4 is 23.2 Å². The van der Waals surface area contributed by atoms with Crippen molar-refractivity contribution in [2.75, 3.05) is 6.61 Å². The van der Waals surface area contributed by atoms with E-state index in [1.807, 2.05) is 0 Å². The van der Waals surface area contributed by atoms with Crippen LogP contribution in [0.1, 0.15) is 20.8 Å². The maximum absolute atomic E-state index is 12.5. The lowest BCUT2D eigenvalue weighted by molar-refractivity contribution is -0.137. The number of nitrogens with one attached hydrogen (secondary N) is 2. The van der Waals surface area contributed by atoms with Gasteiger partial charge in [-0.15, -0.1) is 11.3 Å². The normalized spacial score (nSPS) is 12.5. The third-order valence-electron chi connectivity index (χ3n) is 3.30. The summed E-state index contributed by atoms with van der Waals surface area (Å²) in [6.45, 7) is -0.627. The van der Waals surface area contributed by atoms with Crippen LogP contribution in [0.3, 0.4) is 0 Å². The van der Waals surface area contributed by atoms with Gasteiger partial charge in [0.25, 0.3) is 5.91 Å². The first kappa shape index (κ1) is 18.9. The van der Waals surface area contributed by atoms with Crippen LogP contribution in [0.25, 0.3) is 0 Å². The van der Waals surface area contributed by atoms with Crippen molar-refractivity contribution in [2.24, 2.45) is 0 Å². The van der Waals surface area contributed by atoms with Gasteiger partial charge in [0, 0.05) is 6.54 Å². The standard InChI is InChI=1S/C16H15F3N2O3S/c17-16(18,19)11-5-3-10(4-6-11)8-20-14(23)12(9-22)21-15(24)13-2-1-7-25-13/h1-7,12,22H,8-9H2,(H,20,23)(H,21,24)/t12-/m0/s1. The number of carbonyl (C=O) groups is 2. The van der Waals surface area contributed by atoms with Crippen LogP contribution < -0.4 is 10.6 Å². The summed E-state index contributed by atoms with van der Waals surface area (Å²) in [6.07, 6.45) is -4.42. The van der Waals surface area contributed by atoms with Gasteiger partial charge in [0.15, 0.2) is 0 Å². The molecule has 0 aliphatic rings. The zero-order chi connectivity index (χ0) is 18.4. The van der Waals surface area contributed by atoms with Crippen LogP contribution in [0.15, 0.2) is 41.8 Å². The van der Waals surface area contributed by atoms with Crippen LogP contribution in [0.5, 0.6) is 0 Å². The number of thiophene rings is 1. The smallest absolute Gasteiger partial charge is 0.394 e. The molecule has 3 N–H and O–H groups in total. The highest BCUT2D eigenvalue weighted by molar-refractivity contribution is 7.12. The van der Waals surface area contributed by atoms with Crippen molar-refractivity contribution in [3.63, 3.8) is 0 Å². The minimum atomic E-state index is -4.42. The molecule has 2 amide bonds. The summed E-state index contributed by atoms with van der Waals surface area (Å²) in [4.78, 5) is 24.3. The molecule has 0 aliphatic carbocycles. The van der Waals surface area contributed by atoms with Crippen LogP contribution >= 0.6 is 11.3 Å². The Morgan fingerprint density at radius 1 is 1.16 bits per heavy atom. The second-order valence-electron chi connectivity index (χ2n) is 5.10. The number of carbonyl (C=O) groups excluding carboxylic acids is 2. The van der Waals surface area contributed by atoms with Crippen LogP contribution in [-0.4, -0.2) is 29.6 Å². The van der Waals surface area contributed by atoms with E-state index in [0.717, 1.165) is 12.1 Å². The van der Waals surface area contributed by atoms with E-state index in [1.54, 1.807) is 17.5 Å². The molecule has 134 valence electrons. The lowest BCUT2D eigenvalue weighted by atomic mass is 10.1. The summed E-state index contributed by atoms with van der Waals surface area (Å²) in [7, 11) is 0. The maximum atomic E-state index is 12.5. The molecular formula is C16H15F3N2O3S. The van der Waals surface area contributed by atoms with Gasteiger partial charge in [-0.3, -0.25) is 9.59 Å². The zero-order valence-corrected chi connectivity index (χ0v) is 13.7. The van der Waals surface area contributed by atoms with Gasteiger partial charge < -0.3 is 15.7 Å². The maximum Gasteiger partial charge on any atom is 0.416 e. The Morgan fingerprint density at radius 2 is 1.84 bits per heavy atom. The van der Waals surface area contributed by atoms with Crippen molar-refractivity contribution in [2.45, 2.75) is 18.8 Å². The molecule has 2 rings (SSSR count). The molecule has 1 atom stereocenters. The Balaban J connectivity index is 1.90. The highest BCUT2D eigenvalue weighted by atomic mass is 32.1. The molecule has 0 radical (unpaired) electrons. The highest BCUT2D eigenvalue weighted by Crippen LogP contribution is 2.29. The Bertz CT molecular complexity index is 715. The number of halogens is 3. The average molecular weight is 372 g/mol. The van der Waals surface area contributed by atoms with E-state index < -0.39 is 36.2 Å². The van der Waals surface area contributed by atoms with Crippen molar-refractivity contribution in [1.82, 2.24) is 10.6 Å². The van der Waals surface area contributed by atoms with Gasteiger partial charge in [-0.2, -0.15) is 13.2 Å². The number of alkyl halides is 3. The van der Waals surface area contributed by atoms with Gasteiger partial charge in [0.1, 0.15) is 6.04 Å². The predicted octanol–water partition coefficient (Wildman–Crippen LogP) is 2.17. The third-order valence-corrected chi connectivity index (χ3v) is 4.17. The van der Waals surface area contributed by atoms with Gasteiger partial charge in [-0.1, -0.05) is 18.2 Å². The molecule has 0 unspecified atom stereocenters. The number of aliphatic hydroxyl groups is 1. The number of aliphatic hydroxyl groups excluding tert-OH is 1. The molecule has 0 bridgehead atoms. The minimum absolute atomic E-state index is 0.0255. The predicted molar refractivity (Wildman–Crippen MR) is 85.9 cm³/mol. The van der Waals surface area contributed by atoms with E-state index in [-0.39, 0.29) is 6.54 Å². The Labute approximate surface area is 145 Å². The molecule has 2 aromatic rings. The van der Waals surface area contributed by atoms with E-state index in [9.17, 15) is 27.9 Å². The van der Waals surface area contributed by atoms with Gasteiger partial charge >= 0.3 is 6.18 Å². The number of hydrogen-bond donors (Lipinski definition) is 3. The van der Waals surface area contributed by atoms with Crippen LogP contribution in [0.2, 0.25) is 0 Å². The number of benzene rings is 1. The third kappa shape index (κ3) is 5.30. The Hall–Kier alpha value is -2.39. The summed E-state index contributed by atoms with van der Waals surface area (Å²) in [5.41, 5.74) is -0.318. The average Bonchev–Trinajstić information content (AvgIpc) is 3.11. The minimum Gasteiger partial charge on any atom is -0.394 e. The largest absolute Gasteiger partial charge is 0.416 e. The number of hydrogen-bond acceptors (Lipinski definition) is 4. The molecule has 1 aromatic heterocycles. The molecule has 0 saturated heterocycles. The van der Waals surface area contributed by atoms with Crippen molar-refractivity contribution < 1.29 is 27.9 Å². The van der Waals surface area contributed by atoms with Gasteiger partial charge in [-0.25, -0.2) is 0 Å². The Kier molecular flexibility index (Phi) is 6.16. The molecule has 25 heavy (non-hydrogen) atoms. The number of amides is 2. The van der Waals surface area contributed by atoms with Crippen LogP contribution in [0.4, 0.5) is 13.2 Å². The second-order valence-corrected chi connectivity index (χ2v) is 6.05. The summed E-state index contributed by atoms with van der Waals surface area (Å²) in [5.74, 6) is -1.12. The van der Waals surface area contributed by atoms with E-state index >= 15 is 0 Å². The van der Waals surface area contributed by atoms with Gasteiger partial charge in [0.2, 0.25) is 5.91 Å². The topological polar surface area (TPSA) is 78.4 Å². The number of rotatable bonds is 6.